The maximum Gasteiger partial charge on any atom is 0.416 e. The van der Waals surface area contributed by atoms with Crippen molar-refractivity contribution in [2.75, 3.05) is 26.3 Å². The minimum absolute atomic E-state index is 0.00814. The lowest BCUT2D eigenvalue weighted by atomic mass is 10.1. The number of amides is 2. The molecule has 1 atom stereocenters. The van der Waals surface area contributed by atoms with E-state index in [1.807, 2.05) is 0 Å². The molecule has 2 fully saturated rings. The van der Waals surface area contributed by atoms with Crippen LogP contribution >= 0.6 is 23.4 Å². The van der Waals surface area contributed by atoms with Crippen molar-refractivity contribution in [3.63, 3.8) is 0 Å². The van der Waals surface area contributed by atoms with Gasteiger partial charge in [-0.1, -0.05) is 23.7 Å². The zero-order valence-electron chi connectivity index (χ0n) is 18.7. The molecule has 0 bridgehead atoms. The molecule has 188 valence electrons. The van der Waals surface area contributed by atoms with Gasteiger partial charge >= 0.3 is 6.18 Å². The number of alkyl halides is 3. The van der Waals surface area contributed by atoms with Crippen molar-refractivity contribution in [2.24, 2.45) is 0 Å². The summed E-state index contributed by atoms with van der Waals surface area (Å²) in [6.45, 7) is 1.84. The fourth-order valence-electron chi connectivity index (χ4n) is 4.20. The van der Waals surface area contributed by atoms with Crippen molar-refractivity contribution in [2.45, 2.75) is 18.8 Å². The predicted octanol–water partition coefficient (Wildman–Crippen LogP) is 4.78. The van der Waals surface area contributed by atoms with Crippen LogP contribution in [-0.4, -0.2) is 58.2 Å². The topological polar surface area (TPSA) is 76.5 Å². The molecular weight excluding hydrogens is 517 g/mol. The van der Waals surface area contributed by atoms with Crippen molar-refractivity contribution in [1.29, 1.82) is 0 Å². The lowest BCUT2D eigenvalue weighted by Crippen LogP contribution is -2.49. The van der Waals surface area contributed by atoms with Gasteiger partial charge in [0, 0.05) is 29.5 Å². The van der Waals surface area contributed by atoms with E-state index < -0.39 is 11.7 Å². The average Bonchev–Trinajstić information content (AvgIpc) is 3.35. The number of thioether (sulfide) groups is 1. The molecule has 5 rings (SSSR count). The fraction of sp³-hybridized carbons (Fsp3) is 0.292. The van der Waals surface area contributed by atoms with Crippen LogP contribution in [0.5, 0.6) is 0 Å². The van der Waals surface area contributed by atoms with E-state index in [0.717, 1.165) is 17.8 Å². The molecule has 2 aliphatic rings. The molecule has 3 heterocycles. The monoisotopic (exact) mass is 536 g/mol. The van der Waals surface area contributed by atoms with Crippen LogP contribution in [0.25, 0.3) is 17.0 Å². The molecule has 0 aliphatic carbocycles. The third-order valence-electron chi connectivity index (χ3n) is 5.94. The molecule has 2 saturated heterocycles. The Bertz CT molecular complexity index is 1370. The average molecular weight is 537 g/mol. The molecule has 0 unspecified atom stereocenters. The second-order valence-corrected chi connectivity index (χ2v) is 9.87. The Hall–Kier alpha value is -2.86. The van der Waals surface area contributed by atoms with Crippen molar-refractivity contribution in [1.82, 2.24) is 20.0 Å². The first-order valence-corrected chi connectivity index (χ1v) is 12.3. The number of carbonyl (C=O) groups excluding carboxylic acids is 2. The van der Waals surface area contributed by atoms with E-state index >= 15 is 0 Å². The van der Waals surface area contributed by atoms with Crippen LogP contribution in [0.15, 0.2) is 47.5 Å². The first-order chi connectivity index (χ1) is 17.2. The summed E-state index contributed by atoms with van der Waals surface area (Å²) in [4.78, 5) is 26.8. The van der Waals surface area contributed by atoms with Crippen LogP contribution in [-0.2, 0) is 22.3 Å². The fourth-order valence-corrected chi connectivity index (χ4v) is 5.22. The predicted molar refractivity (Wildman–Crippen MR) is 131 cm³/mol. The van der Waals surface area contributed by atoms with Crippen molar-refractivity contribution in [3.05, 3.63) is 69.2 Å². The van der Waals surface area contributed by atoms with Gasteiger partial charge in [0.15, 0.2) is 0 Å². The van der Waals surface area contributed by atoms with Gasteiger partial charge in [-0.2, -0.15) is 18.3 Å². The zero-order valence-corrected chi connectivity index (χ0v) is 20.3. The Morgan fingerprint density at radius 1 is 1.22 bits per heavy atom. The van der Waals surface area contributed by atoms with E-state index in [4.69, 9.17) is 16.3 Å². The first-order valence-electron chi connectivity index (χ1n) is 11.1. The Morgan fingerprint density at radius 2 is 2.06 bits per heavy atom. The molecule has 2 aliphatic heterocycles. The summed E-state index contributed by atoms with van der Waals surface area (Å²) >= 11 is 6.65. The quantitative estimate of drug-likeness (QED) is 0.473. The maximum absolute atomic E-state index is 13.5. The number of rotatable bonds is 5. The van der Waals surface area contributed by atoms with Crippen LogP contribution < -0.4 is 5.32 Å². The van der Waals surface area contributed by atoms with Gasteiger partial charge in [0.25, 0.3) is 11.1 Å². The number of fused-ring (bicyclic) bond motifs is 1. The van der Waals surface area contributed by atoms with E-state index in [1.165, 1.54) is 21.7 Å². The van der Waals surface area contributed by atoms with E-state index in [1.54, 1.807) is 30.5 Å². The molecule has 2 aromatic carbocycles. The minimum Gasteiger partial charge on any atom is -0.378 e. The second-order valence-electron chi connectivity index (χ2n) is 8.44. The maximum atomic E-state index is 13.5. The lowest BCUT2D eigenvalue weighted by Gasteiger charge is -2.26. The summed E-state index contributed by atoms with van der Waals surface area (Å²) in [5.41, 5.74) is 0.550. The normalized spacial score (nSPS) is 20.2. The molecule has 0 radical (unpaired) electrons. The number of nitrogens with one attached hydrogen (secondary N) is 1. The SMILES string of the molecule is O=C1SC(=Cc2ccc3c(cnn3Cc3ccc(Cl)cc3C(F)(F)F)c2)C(=O)N1C[C@H]1COCCN1. The molecule has 1 N–H and O–H groups in total. The number of halogens is 4. The third kappa shape index (κ3) is 5.15. The van der Waals surface area contributed by atoms with Gasteiger partial charge in [-0.25, -0.2) is 0 Å². The molecular formula is C24H20ClF3N4O3S. The Kier molecular flexibility index (Phi) is 6.82. The lowest BCUT2D eigenvalue weighted by molar-refractivity contribution is -0.138. The van der Waals surface area contributed by atoms with E-state index in [2.05, 4.69) is 10.4 Å². The largest absolute Gasteiger partial charge is 0.416 e. The number of imide groups is 1. The highest BCUT2D eigenvalue weighted by Gasteiger charge is 2.37. The molecule has 1 aromatic heterocycles. The molecule has 3 aromatic rings. The summed E-state index contributed by atoms with van der Waals surface area (Å²) in [5.74, 6) is -0.365. The van der Waals surface area contributed by atoms with Crippen LogP contribution in [0.3, 0.4) is 0 Å². The molecule has 0 spiro atoms. The number of benzene rings is 2. The molecule has 12 heteroatoms. The van der Waals surface area contributed by atoms with E-state index in [-0.39, 0.29) is 40.9 Å². The van der Waals surface area contributed by atoms with Gasteiger partial charge in [0.2, 0.25) is 0 Å². The standard InChI is InChI=1S/C24H20ClF3N4O3S/c25-17-3-2-15(19(9-17)24(26,27)28)11-32-20-4-1-14(7-16(20)10-30-32)8-21-22(33)31(23(34)36-21)12-18-13-35-6-5-29-18/h1-4,7-10,18,29H,5-6,11-13H2/t18-/m0/s1. The first kappa shape index (κ1) is 24.8. The number of aromatic nitrogens is 2. The summed E-state index contributed by atoms with van der Waals surface area (Å²) in [6.07, 6.45) is -1.36. The van der Waals surface area contributed by atoms with Crippen LogP contribution in [0, 0.1) is 0 Å². The second kappa shape index (κ2) is 9.89. The molecule has 2 amide bonds. The molecule has 0 saturated carbocycles. The number of hydrogen-bond acceptors (Lipinski definition) is 6. The van der Waals surface area contributed by atoms with Gasteiger partial charge in [0.05, 0.1) is 41.9 Å². The van der Waals surface area contributed by atoms with Gasteiger partial charge < -0.3 is 10.1 Å². The summed E-state index contributed by atoms with van der Waals surface area (Å²) in [6, 6.07) is 8.80. The molecule has 36 heavy (non-hydrogen) atoms. The van der Waals surface area contributed by atoms with Gasteiger partial charge in [-0.3, -0.25) is 19.2 Å². The Morgan fingerprint density at radius 3 is 2.81 bits per heavy atom. The highest BCUT2D eigenvalue weighted by molar-refractivity contribution is 8.18. The third-order valence-corrected chi connectivity index (χ3v) is 7.08. The van der Waals surface area contributed by atoms with E-state index in [9.17, 15) is 22.8 Å². The summed E-state index contributed by atoms with van der Waals surface area (Å²) < 4.78 is 47.3. The number of carbonyl (C=O) groups is 2. The molecule has 7 nitrogen and oxygen atoms in total. The Labute approximate surface area is 213 Å². The Balaban J connectivity index is 1.36. The minimum atomic E-state index is -4.54. The summed E-state index contributed by atoms with van der Waals surface area (Å²) in [5, 5.41) is 7.84. The van der Waals surface area contributed by atoms with Crippen molar-refractivity contribution in [3.8, 4) is 0 Å². The van der Waals surface area contributed by atoms with E-state index in [0.29, 0.717) is 41.1 Å². The highest BCUT2D eigenvalue weighted by atomic mass is 35.5. The van der Waals surface area contributed by atoms with Gasteiger partial charge in [-0.05, 0) is 53.2 Å². The smallest absolute Gasteiger partial charge is 0.378 e. The van der Waals surface area contributed by atoms with Crippen LogP contribution in [0.4, 0.5) is 18.0 Å². The number of hydrogen-bond donors (Lipinski definition) is 1. The van der Waals surface area contributed by atoms with Crippen LogP contribution in [0.1, 0.15) is 16.7 Å². The van der Waals surface area contributed by atoms with Gasteiger partial charge in [-0.15, -0.1) is 0 Å². The van der Waals surface area contributed by atoms with Crippen molar-refractivity contribution < 1.29 is 27.5 Å². The van der Waals surface area contributed by atoms with Crippen LogP contribution in [0.2, 0.25) is 5.02 Å². The number of ether oxygens (including phenoxy) is 1. The number of morpholine rings is 1. The number of nitrogens with zero attached hydrogens (tertiary/aromatic N) is 3. The highest BCUT2D eigenvalue weighted by Crippen LogP contribution is 2.35. The summed E-state index contributed by atoms with van der Waals surface area (Å²) in [7, 11) is 0. The van der Waals surface area contributed by atoms with Gasteiger partial charge in [0.1, 0.15) is 0 Å². The zero-order chi connectivity index (χ0) is 25.4. The van der Waals surface area contributed by atoms with Crippen molar-refractivity contribution >= 4 is 51.5 Å².